The number of fused-ring (bicyclic) bond motifs is 6. The molecule has 2 aromatic rings. The Kier molecular flexibility index (Phi) is 7.40. The van der Waals surface area contributed by atoms with E-state index in [4.69, 9.17) is 9.47 Å². The molecule has 3 unspecified atom stereocenters. The van der Waals surface area contributed by atoms with Gasteiger partial charge in [-0.25, -0.2) is 4.79 Å². The summed E-state index contributed by atoms with van der Waals surface area (Å²) in [7, 11) is 0. The highest BCUT2D eigenvalue weighted by molar-refractivity contribution is 14.2. The van der Waals surface area contributed by atoms with Crippen molar-refractivity contribution < 1.29 is 23.9 Å². The maximum Gasteiger partial charge on any atom is 0.339 e. The Labute approximate surface area is 250 Å². The van der Waals surface area contributed by atoms with E-state index in [2.05, 4.69) is 74.7 Å². The Balaban J connectivity index is 1.60. The predicted molar refractivity (Wildman–Crippen MR) is 162 cm³/mol. The van der Waals surface area contributed by atoms with E-state index in [1.807, 2.05) is 30.3 Å². The van der Waals surface area contributed by atoms with Crippen molar-refractivity contribution in [3.8, 4) is 5.75 Å². The Morgan fingerprint density at radius 1 is 1.03 bits per heavy atom. The fourth-order valence-corrected chi connectivity index (χ4v) is 7.10. The fraction of sp³-hybridized carbons (Fsp3) is 0.321. The van der Waals surface area contributed by atoms with Gasteiger partial charge in [-0.2, -0.15) is 0 Å². The van der Waals surface area contributed by atoms with Crippen LogP contribution in [0, 0.1) is 5.92 Å². The molecule has 0 amide bonds. The Morgan fingerprint density at radius 2 is 1.72 bits per heavy atom. The lowest BCUT2D eigenvalue weighted by Crippen LogP contribution is -2.49. The van der Waals surface area contributed by atoms with Gasteiger partial charge in [-0.15, -0.1) is 0 Å². The summed E-state index contributed by atoms with van der Waals surface area (Å²) in [6.45, 7) is 2.15. The highest BCUT2D eigenvalue weighted by atomic mass is 127. The summed E-state index contributed by atoms with van der Waals surface area (Å²) in [5.74, 6) is -1.17. The van der Waals surface area contributed by atoms with Gasteiger partial charge < -0.3 is 9.47 Å². The molecule has 3 atom stereocenters. The first-order valence-electron chi connectivity index (χ1n) is 11.9. The molecule has 5 nitrogen and oxygen atoms in total. The van der Waals surface area contributed by atoms with Crippen LogP contribution in [0.5, 0.6) is 5.75 Å². The van der Waals surface area contributed by atoms with Crippen LogP contribution >= 0.6 is 67.8 Å². The third kappa shape index (κ3) is 4.09. The molecule has 2 heterocycles. The number of carbonyl (C=O) groups is 3. The molecule has 186 valence electrons. The topological polar surface area (TPSA) is 69.7 Å². The first kappa shape index (κ1) is 26.3. The van der Waals surface area contributed by atoms with Gasteiger partial charge in [0.25, 0.3) is 0 Å². The van der Waals surface area contributed by atoms with Gasteiger partial charge in [0, 0.05) is 15.1 Å². The van der Waals surface area contributed by atoms with E-state index in [9.17, 15) is 14.4 Å². The largest absolute Gasteiger partial charge is 0.460 e. The van der Waals surface area contributed by atoms with Crippen molar-refractivity contribution in [2.45, 2.75) is 43.6 Å². The molecule has 2 aromatic carbocycles. The van der Waals surface area contributed by atoms with Gasteiger partial charge in [0.1, 0.15) is 18.9 Å². The van der Waals surface area contributed by atoms with Crippen LogP contribution in [-0.2, 0) is 19.9 Å². The number of unbranched alkanes of at least 4 members (excludes halogenated alkanes) is 2. The van der Waals surface area contributed by atoms with Gasteiger partial charge in [0.2, 0.25) is 0 Å². The summed E-state index contributed by atoms with van der Waals surface area (Å²) in [4.78, 5) is 41.1. The summed E-state index contributed by atoms with van der Waals surface area (Å²) in [5, 5.41) is 0. The van der Waals surface area contributed by atoms with Crippen LogP contribution in [-0.4, -0.2) is 22.9 Å². The van der Waals surface area contributed by atoms with E-state index in [1.165, 1.54) is 0 Å². The number of hydrogen-bond donors (Lipinski definition) is 0. The molecule has 8 heteroatoms. The highest BCUT2D eigenvalue weighted by Gasteiger charge is 2.62. The molecule has 0 fully saturated rings. The minimum Gasteiger partial charge on any atom is -0.460 e. The lowest BCUT2D eigenvalue weighted by molar-refractivity contribution is -0.129. The molecular weight excluding hydrogens is 797 g/mol. The quantitative estimate of drug-likeness (QED) is 0.0989. The van der Waals surface area contributed by atoms with E-state index in [1.54, 1.807) is 30.4 Å². The average molecular weight is 820 g/mol. The van der Waals surface area contributed by atoms with Gasteiger partial charge >= 0.3 is 5.97 Å². The highest BCUT2D eigenvalue weighted by Crippen LogP contribution is 2.57. The first-order valence-corrected chi connectivity index (χ1v) is 15.3. The van der Waals surface area contributed by atoms with E-state index in [0.29, 0.717) is 28.2 Å². The molecule has 0 radical (unpaired) electrons. The molecule has 3 aliphatic rings. The summed E-state index contributed by atoms with van der Waals surface area (Å²) in [6.07, 6.45) is 7.40. The number of ether oxygens (including phenoxy) is 2. The maximum atomic E-state index is 14.2. The normalized spacial score (nSPS) is 23.1. The van der Waals surface area contributed by atoms with Gasteiger partial charge in [0.05, 0.1) is 11.1 Å². The van der Waals surface area contributed by atoms with E-state index in [0.717, 1.165) is 25.7 Å². The lowest BCUT2D eigenvalue weighted by atomic mass is 9.68. The van der Waals surface area contributed by atoms with E-state index >= 15 is 0 Å². The van der Waals surface area contributed by atoms with Crippen LogP contribution in [0.3, 0.4) is 0 Å². The second-order valence-electron chi connectivity index (χ2n) is 9.13. The number of halogens is 3. The number of Topliss-reactive ketones (excluding diaryl/α,β-unsaturated/α-hetero) is 2. The molecule has 0 saturated carbocycles. The Hall–Kier alpha value is -1.28. The third-order valence-corrected chi connectivity index (χ3v) is 13.4. The van der Waals surface area contributed by atoms with Crippen molar-refractivity contribution in [3.63, 3.8) is 0 Å². The number of hydrogen-bond acceptors (Lipinski definition) is 5. The van der Waals surface area contributed by atoms with Crippen molar-refractivity contribution in [3.05, 3.63) is 88.7 Å². The zero-order chi connectivity index (χ0) is 25.7. The van der Waals surface area contributed by atoms with Crippen molar-refractivity contribution >= 4 is 85.3 Å². The molecule has 0 N–H and O–H groups in total. The van der Waals surface area contributed by atoms with Crippen LogP contribution in [0.15, 0.2) is 72.0 Å². The molecule has 2 aliphatic heterocycles. The van der Waals surface area contributed by atoms with Crippen LogP contribution < -0.4 is 4.74 Å². The van der Waals surface area contributed by atoms with Gasteiger partial charge in [-0.3, -0.25) is 9.59 Å². The molecule has 1 spiro atoms. The molecule has 0 bridgehead atoms. The Bertz CT molecular complexity index is 1330. The molecule has 1 aliphatic carbocycles. The van der Waals surface area contributed by atoms with Crippen LogP contribution in [0.4, 0.5) is 0 Å². The van der Waals surface area contributed by atoms with Gasteiger partial charge in [-0.1, -0.05) is 130 Å². The number of benzene rings is 2. The van der Waals surface area contributed by atoms with Crippen molar-refractivity contribution in [2.24, 2.45) is 5.92 Å². The lowest BCUT2D eigenvalue weighted by Gasteiger charge is -2.43. The summed E-state index contributed by atoms with van der Waals surface area (Å²) >= 11 is 6.70. The molecule has 0 saturated heterocycles. The fourth-order valence-electron chi connectivity index (χ4n) is 5.17. The monoisotopic (exact) mass is 820 g/mol. The van der Waals surface area contributed by atoms with Crippen LogP contribution in [0.25, 0.3) is 0 Å². The average Bonchev–Trinajstić information content (AvgIpc) is 3.16. The molecule has 36 heavy (non-hydrogen) atoms. The number of esters is 1. The molecule has 5 rings (SSSR count). The SMILES string of the molecule is CCCCCC(I)C(I)(I)C(=O)C1=CC=C2Oc3ccccc3C3(OC(=O)c4ccccc43)C2C1=O. The van der Waals surface area contributed by atoms with Crippen molar-refractivity contribution in [1.82, 2.24) is 0 Å². The third-order valence-electron chi connectivity index (χ3n) is 6.95. The smallest absolute Gasteiger partial charge is 0.339 e. The zero-order valence-corrected chi connectivity index (χ0v) is 25.9. The van der Waals surface area contributed by atoms with Crippen molar-refractivity contribution in [1.29, 1.82) is 0 Å². The standard InChI is InChI=1S/C28H23I3O5/c1-2-3-4-13-22(29)28(30,31)25(33)17-14-15-21-23(24(17)32)27(19-11-7-8-12-20(19)35-21)18-10-6-5-9-16(18)26(34)36-27/h5-12,14-15,22-23H,2-4,13H2,1H3. The number of carbonyl (C=O) groups excluding carboxylic acids is 3. The molecular formula is C28H23I3O5. The first-order chi connectivity index (χ1) is 17.2. The van der Waals surface area contributed by atoms with Gasteiger partial charge in [-0.05, 0) is 30.7 Å². The second kappa shape index (κ2) is 10.1. The van der Waals surface area contributed by atoms with Crippen LogP contribution in [0.2, 0.25) is 0 Å². The number of alkyl halides is 3. The number of ketones is 2. The zero-order valence-electron chi connectivity index (χ0n) is 19.4. The van der Waals surface area contributed by atoms with E-state index in [-0.39, 0.29) is 21.1 Å². The minimum atomic E-state index is -1.39. The second-order valence-corrected chi connectivity index (χ2v) is 16.1. The minimum absolute atomic E-state index is 0.0525. The molecule has 0 aromatic heterocycles. The maximum absolute atomic E-state index is 14.2. The predicted octanol–water partition coefficient (Wildman–Crippen LogP) is 7.02. The Morgan fingerprint density at radius 3 is 2.47 bits per heavy atom. The number of para-hydroxylation sites is 1. The van der Waals surface area contributed by atoms with Crippen molar-refractivity contribution in [2.75, 3.05) is 0 Å². The number of allylic oxidation sites excluding steroid dienone is 3. The number of rotatable bonds is 7. The van der Waals surface area contributed by atoms with Crippen LogP contribution in [0.1, 0.15) is 54.1 Å². The summed E-state index contributed by atoms with van der Waals surface area (Å²) in [6, 6.07) is 14.4. The summed E-state index contributed by atoms with van der Waals surface area (Å²) in [5.41, 5.74) is 0.367. The van der Waals surface area contributed by atoms with E-state index < -0.39 is 18.9 Å². The summed E-state index contributed by atoms with van der Waals surface area (Å²) < 4.78 is 11.5. The van der Waals surface area contributed by atoms with Gasteiger partial charge in [0.15, 0.2) is 17.2 Å².